The van der Waals surface area contributed by atoms with E-state index in [0.717, 1.165) is 5.56 Å². The molecule has 0 aliphatic rings. The van der Waals surface area contributed by atoms with Crippen LogP contribution in [0.15, 0.2) is 73.3 Å². The zero-order valence-corrected chi connectivity index (χ0v) is 15.5. The van der Waals surface area contributed by atoms with E-state index < -0.39 is 0 Å². The second kappa shape index (κ2) is 8.06. The van der Waals surface area contributed by atoms with Crippen LogP contribution in [0.25, 0.3) is 5.69 Å². The van der Waals surface area contributed by atoms with Crippen LogP contribution >= 0.6 is 11.6 Å². The van der Waals surface area contributed by atoms with Gasteiger partial charge in [0.2, 0.25) is 0 Å². The summed E-state index contributed by atoms with van der Waals surface area (Å²) < 4.78 is 1.59. The second-order valence-corrected chi connectivity index (χ2v) is 6.61. The van der Waals surface area contributed by atoms with Crippen molar-refractivity contribution in [3.63, 3.8) is 0 Å². The van der Waals surface area contributed by atoms with Crippen LogP contribution in [-0.2, 0) is 6.42 Å². The Morgan fingerprint density at radius 3 is 2.68 bits per heavy atom. The Morgan fingerprint density at radius 1 is 1.14 bits per heavy atom. The highest BCUT2D eigenvalue weighted by atomic mass is 35.5. The largest absolute Gasteiger partial charge is 0.345 e. The maximum Gasteiger partial charge on any atom is 0.254 e. The van der Waals surface area contributed by atoms with Gasteiger partial charge in [0.1, 0.15) is 12.2 Å². The molecule has 0 radical (unpaired) electrons. The number of nitrogens with zero attached hydrogens (tertiary/aromatic N) is 4. The van der Waals surface area contributed by atoms with Crippen molar-refractivity contribution in [1.82, 2.24) is 30.3 Å². The highest BCUT2D eigenvalue weighted by molar-refractivity contribution is 6.32. The molecule has 2 N–H and O–H groups in total. The Morgan fingerprint density at radius 2 is 1.93 bits per heavy atom. The first kappa shape index (κ1) is 17.9. The molecule has 4 aromatic rings. The third-order valence-corrected chi connectivity index (χ3v) is 4.63. The van der Waals surface area contributed by atoms with Gasteiger partial charge >= 0.3 is 0 Å². The van der Waals surface area contributed by atoms with Crippen molar-refractivity contribution in [1.29, 1.82) is 0 Å². The zero-order chi connectivity index (χ0) is 19.3. The van der Waals surface area contributed by atoms with Crippen LogP contribution in [0.2, 0.25) is 5.02 Å². The molecule has 2 heterocycles. The van der Waals surface area contributed by atoms with Crippen LogP contribution in [0.4, 0.5) is 0 Å². The van der Waals surface area contributed by atoms with Crippen LogP contribution in [-0.4, -0.2) is 30.9 Å². The SMILES string of the molecule is O=C(NC(Cc1ncn[nH]1)c1ccccc1)c1cnn(-c2ccccc2Cl)c1. The normalized spacial score (nSPS) is 11.9. The number of carbonyl (C=O) groups is 1. The Balaban J connectivity index is 1.55. The lowest BCUT2D eigenvalue weighted by atomic mass is 10.0. The molecule has 8 heteroatoms. The summed E-state index contributed by atoms with van der Waals surface area (Å²) in [6, 6.07) is 16.8. The van der Waals surface area contributed by atoms with Crippen molar-refractivity contribution >= 4 is 17.5 Å². The molecule has 0 aliphatic heterocycles. The minimum absolute atomic E-state index is 0.230. The molecular formula is C20H17ClN6O. The maximum absolute atomic E-state index is 12.8. The quantitative estimate of drug-likeness (QED) is 0.526. The van der Waals surface area contributed by atoms with Crippen LogP contribution in [0.5, 0.6) is 0 Å². The summed E-state index contributed by atoms with van der Waals surface area (Å²) in [6.07, 6.45) is 5.13. The number of nitrogens with one attached hydrogen (secondary N) is 2. The predicted octanol–water partition coefficient (Wildman–Crippen LogP) is 3.36. The van der Waals surface area contributed by atoms with E-state index in [2.05, 4.69) is 25.6 Å². The van der Waals surface area contributed by atoms with E-state index >= 15 is 0 Å². The van der Waals surface area contributed by atoms with Crippen molar-refractivity contribution in [2.45, 2.75) is 12.5 Å². The Bertz CT molecular complexity index is 1060. The van der Waals surface area contributed by atoms with E-state index in [4.69, 9.17) is 11.6 Å². The summed E-state index contributed by atoms with van der Waals surface area (Å²) in [6.45, 7) is 0. The lowest BCUT2D eigenvalue weighted by Crippen LogP contribution is -2.30. The van der Waals surface area contributed by atoms with Crippen molar-refractivity contribution in [3.8, 4) is 5.69 Å². The Labute approximate surface area is 166 Å². The van der Waals surface area contributed by atoms with Gasteiger partial charge < -0.3 is 5.32 Å². The van der Waals surface area contributed by atoms with Gasteiger partial charge in [0.15, 0.2) is 0 Å². The van der Waals surface area contributed by atoms with Crippen LogP contribution in [0.1, 0.15) is 27.8 Å². The molecule has 0 spiro atoms. The topological polar surface area (TPSA) is 88.5 Å². The van der Waals surface area contributed by atoms with Gasteiger partial charge in [-0.25, -0.2) is 9.67 Å². The van der Waals surface area contributed by atoms with Gasteiger partial charge in [-0.3, -0.25) is 9.89 Å². The minimum atomic E-state index is -0.259. The summed E-state index contributed by atoms with van der Waals surface area (Å²) in [5.74, 6) is 0.465. The Hall–Kier alpha value is -3.45. The van der Waals surface area contributed by atoms with Crippen molar-refractivity contribution in [2.75, 3.05) is 0 Å². The van der Waals surface area contributed by atoms with Crippen molar-refractivity contribution in [3.05, 3.63) is 95.3 Å². The zero-order valence-electron chi connectivity index (χ0n) is 14.8. The molecule has 2 aromatic heterocycles. The maximum atomic E-state index is 12.8. The van der Waals surface area contributed by atoms with Crippen LogP contribution in [0, 0.1) is 0 Å². The number of rotatable bonds is 6. The van der Waals surface area contributed by atoms with Gasteiger partial charge in [-0.05, 0) is 17.7 Å². The number of halogens is 1. The summed E-state index contributed by atoms with van der Waals surface area (Å²) in [5.41, 5.74) is 2.13. The van der Waals surface area contributed by atoms with Crippen molar-refractivity contribution < 1.29 is 4.79 Å². The third kappa shape index (κ3) is 3.94. The van der Waals surface area contributed by atoms with Crippen molar-refractivity contribution in [2.24, 2.45) is 0 Å². The second-order valence-electron chi connectivity index (χ2n) is 6.20. The third-order valence-electron chi connectivity index (χ3n) is 4.31. The number of hydrogen-bond acceptors (Lipinski definition) is 4. The van der Waals surface area contributed by atoms with Gasteiger partial charge in [-0.1, -0.05) is 54.1 Å². The fraction of sp³-hybridized carbons (Fsp3) is 0.100. The first-order valence-corrected chi connectivity index (χ1v) is 9.08. The van der Waals surface area contributed by atoms with Gasteiger partial charge in [0.05, 0.1) is 28.5 Å². The Kier molecular flexibility index (Phi) is 5.16. The molecule has 140 valence electrons. The molecule has 0 bridgehead atoms. The van der Waals surface area contributed by atoms with Crippen LogP contribution in [0.3, 0.4) is 0 Å². The first-order chi connectivity index (χ1) is 13.7. The summed E-state index contributed by atoms with van der Waals surface area (Å²) >= 11 is 6.21. The molecule has 0 saturated carbocycles. The van der Waals surface area contributed by atoms with E-state index in [9.17, 15) is 4.79 Å². The average Bonchev–Trinajstić information content (AvgIpc) is 3.41. The molecule has 1 unspecified atom stereocenters. The number of hydrogen-bond donors (Lipinski definition) is 2. The number of aromatic nitrogens is 5. The van der Waals surface area contributed by atoms with E-state index in [0.29, 0.717) is 28.5 Å². The van der Waals surface area contributed by atoms with Gasteiger partial charge in [-0.15, -0.1) is 0 Å². The molecule has 1 atom stereocenters. The molecular weight excluding hydrogens is 376 g/mol. The minimum Gasteiger partial charge on any atom is -0.345 e. The van der Waals surface area contributed by atoms with E-state index in [-0.39, 0.29) is 11.9 Å². The number of aromatic amines is 1. The fourth-order valence-electron chi connectivity index (χ4n) is 2.91. The smallest absolute Gasteiger partial charge is 0.254 e. The molecule has 28 heavy (non-hydrogen) atoms. The predicted molar refractivity (Wildman–Crippen MR) is 105 cm³/mol. The fourth-order valence-corrected chi connectivity index (χ4v) is 3.13. The molecule has 2 aromatic carbocycles. The van der Waals surface area contributed by atoms with E-state index in [1.54, 1.807) is 16.9 Å². The number of benzene rings is 2. The molecule has 7 nitrogen and oxygen atoms in total. The highest BCUT2D eigenvalue weighted by Crippen LogP contribution is 2.20. The van der Waals surface area contributed by atoms with Gasteiger partial charge in [0, 0.05) is 12.6 Å². The van der Waals surface area contributed by atoms with E-state index in [1.165, 1.54) is 12.5 Å². The average molecular weight is 393 g/mol. The lowest BCUT2D eigenvalue weighted by molar-refractivity contribution is 0.0936. The molecule has 0 saturated heterocycles. The van der Waals surface area contributed by atoms with E-state index in [1.807, 2.05) is 48.5 Å². The standard InChI is InChI=1S/C20H17ClN6O/c21-16-8-4-5-9-18(16)27-12-15(11-24-27)20(28)25-17(10-19-22-13-23-26-19)14-6-2-1-3-7-14/h1-9,11-13,17H,10H2,(H,25,28)(H,22,23,26). The molecule has 0 aliphatic carbocycles. The summed E-state index contributed by atoms with van der Waals surface area (Å²) in [5, 5.41) is 14.6. The number of H-pyrrole nitrogens is 1. The summed E-state index contributed by atoms with van der Waals surface area (Å²) in [4.78, 5) is 17.0. The van der Waals surface area contributed by atoms with Crippen LogP contribution < -0.4 is 5.32 Å². The number of para-hydroxylation sites is 1. The monoisotopic (exact) mass is 392 g/mol. The molecule has 1 amide bonds. The first-order valence-electron chi connectivity index (χ1n) is 8.70. The molecule has 0 fully saturated rings. The number of carbonyl (C=O) groups excluding carboxylic acids is 1. The van der Waals surface area contributed by atoms with Gasteiger partial charge in [0.25, 0.3) is 5.91 Å². The lowest BCUT2D eigenvalue weighted by Gasteiger charge is -2.17. The molecule has 4 rings (SSSR count). The number of amides is 1. The highest BCUT2D eigenvalue weighted by Gasteiger charge is 2.19. The summed E-state index contributed by atoms with van der Waals surface area (Å²) in [7, 11) is 0. The van der Waals surface area contributed by atoms with Gasteiger partial charge in [-0.2, -0.15) is 10.2 Å².